The SMILES string of the molecule is CNCC1CCCN(C(=O)c2ccc(-c3ccc(F)cc3C)c(F)c2)C1. The number of hydrogen-bond donors (Lipinski definition) is 1. The minimum absolute atomic E-state index is 0.132. The molecule has 1 N–H and O–H groups in total. The zero-order valence-electron chi connectivity index (χ0n) is 15.2. The molecule has 0 aliphatic carbocycles. The topological polar surface area (TPSA) is 32.3 Å². The molecule has 1 unspecified atom stereocenters. The van der Waals surface area contributed by atoms with Gasteiger partial charge in [0.05, 0.1) is 0 Å². The van der Waals surface area contributed by atoms with Crippen LogP contribution in [0.5, 0.6) is 0 Å². The summed E-state index contributed by atoms with van der Waals surface area (Å²) in [6.45, 7) is 4.02. The van der Waals surface area contributed by atoms with Crippen molar-refractivity contribution < 1.29 is 13.6 Å². The van der Waals surface area contributed by atoms with Crippen LogP contribution in [0.2, 0.25) is 0 Å². The molecule has 0 bridgehead atoms. The van der Waals surface area contributed by atoms with Crippen LogP contribution in [0.3, 0.4) is 0 Å². The van der Waals surface area contributed by atoms with E-state index in [1.165, 1.54) is 18.2 Å². The molecule has 26 heavy (non-hydrogen) atoms. The molecule has 0 aromatic heterocycles. The maximum atomic E-state index is 14.7. The van der Waals surface area contributed by atoms with Crippen molar-refractivity contribution >= 4 is 5.91 Å². The fourth-order valence-electron chi connectivity index (χ4n) is 3.68. The highest BCUT2D eigenvalue weighted by Gasteiger charge is 2.24. The van der Waals surface area contributed by atoms with Gasteiger partial charge in [-0.25, -0.2) is 8.78 Å². The van der Waals surface area contributed by atoms with Gasteiger partial charge in [-0.1, -0.05) is 12.1 Å². The van der Waals surface area contributed by atoms with Crippen molar-refractivity contribution in [2.24, 2.45) is 5.92 Å². The fourth-order valence-corrected chi connectivity index (χ4v) is 3.68. The highest BCUT2D eigenvalue weighted by atomic mass is 19.1. The molecule has 0 spiro atoms. The number of rotatable bonds is 4. The maximum absolute atomic E-state index is 14.7. The Morgan fingerprint density at radius 3 is 2.65 bits per heavy atom. The highest BCUT2D eigenvalue weighted by Crippen LogP contribution is 2.28. The van der Waals surface area contributed by atoms with E-state index >= 15 is 0 Å². The van der Waals surface area contributed by atoms with E-state index in [0.717, 1.165) is 19.4 Å². The second-order valence-electron chi connectivity index (χ2n) is 6.97. The van der Waals surface area contributed by atoms with Gasteiger partial charge in [-0.15, -0.1) is 0 Å². The third kappa shape index (κ3) is 3.93. The molecule has 1 aliphatic heterocycles. The predicted molar refractivity (Wildman–Crippen MR) is 99.1 cm³/mol. The van der Waals surface area contributed by atoms with Gasteiger partial charge in [-0.05, 0) is 74.7 Å². The number of carbonyl (C=O) groups is 1. The fraction of sp³-hybridized carbons (Fsp3) is 0.381. The Balaban J connectivity index is 1.81. The predicted octanol–water partition coefficient (Wildman–Crippen LogP) is 4.01. The molecular weight excluding hydrogens is 334 g/mol. The lowest BCUT2D eigenvalue weighted by Gasteiger charge is -2.32. The lowest BCUT2D eigenvalue weighted by Crippen LogP contribution is -2.42. The molecule has 2 aromatic rings. The molecule has 1 heterocycles. The maximum Gasteiger partial charge on any atom is 0.253 e. The summed E-state index contributed by atoms with van der Waals surface area (Å²) in [6.07, 6.45) is 2.06. The number of carbonyl (C=O) groups excluding carboxylic acids is 1. The first-order valence-corrected chi connectivity index (χ1v) is 8.99. The second-order valence-corrected chi connectivity index (χ2v) is 6.97. The molecule has 1 aliphatic rings. The largest absolute Gasteiger partial charge is 0.338 e. The molecule has 1 fully saturated rings. The Hall–Kier alpha value is -2.27. The lowest BCUT2D eigenvalue weighted by molar-refractivity contribution is 0.0674. The van der Waals surface area contributed by atoms with E-state index < -0.39 is 5.82 Å². The van der Waals surface area contributed by atoms with Crippen LogP contribution >= 0.6 is 0 Å². The van der Waals surface area contributed by atoms with Gasteiger partial charge in [0.1, 0.15) is 11.6 Å². The van der Waals surface area contributed by atoms with E-state index in [4.69, 9.17) is 0 Å². The molecule has 1 atom stereocenters. The molecule has 138 valence electrons. The number of aryl methyl sites for hydroxylation is 1. The minimum atomic E-state index is -0.464. The van der Waals surface area contributed by atoms with Crippen molar-refractivity contribution in [1.29, 1.82) is 0 Å². The van der Waals surface area contributed by atoms with Crippen molar-refractivity contribution in [3.8, 4) is 11.1 Å². The summed E-state index contributed by atoms with van der Waals surface area (Å²) in [5.74, 6) is -0.509. The van der Waals surface area contributed by atoms with Crippen LogP contribution in [-0.2, 0) is 0 Å². The van der Waals surface area contributed by atoms with E-state index in [2.05, 4.69) is 5.32 Å². The Morgan fingerprint density at radius 2 is 1.96 bits per heavy atom. The molecule has 5 heteroatoms. The molecule has 1 saturated heterocycles. The standard InChI is InChI=1S/C21H24F2N2O/c1-14-10-17(22)6-8-18(14)19-7-5-16(11-20(19)23)21(26)25-9-3-4-15(13-25)12-24-2/h5-8,10-11,15,24H,3-4,9,12-13H2,1-2H3. The van der Waals surface area contributed by atoms with Crippen LogP contribution in [0, 0.1) is 24.5 Å². The number of amides is 1. The van der Waals surface area contributed by atoms with Gasteiger partial charge in [0.25, 0.3) is 5.91 Å². The van der Waals surface area contributed by atoms with Gasteiger partial charge in [0.15, 0.2) is 0 Å². The zero-order valence-corrected chi connectivity index (χ0v) is 15.2. The van der Waals surface area contributed by atoms with E-state index in [9.17, 15) is 13.6 Å². The number of halogens is 2. The normalized spacial score (nSPS) is 17.4. The Morgan fingerprint density at radius 1 is 1.19 bits per heavy atom. The first-order valence-electron chi connectivity index (χ1n) is 8.99. The summed E-state index contributed by atoms with van der Waals surface area (Å²) in [4.78, 5) is 14.6. The van der Waals surface area contributed by atoms with Crippen LogP contribution in [-0.4, -0.2) is 37.5 Å². The van der Waals surface area contributed by atoms with Gasteiger partial charge in [0, 0.05) is 24.2 Å². The Kier molecular flexibility index (Phi) is 5.67. The van der Waals surface area contributed by atoms with E-state index in [-0.39, 0.29) is 11.7 Å². The Labute approximate surface area is 153 Å². The van der Waals surface area contributed by atoms with Crippen LogP contribution in [0.15, 0.2) is 36.4 Å². The number of nitrogens with one attached hydrogen (secondary N) is 1. The van der Waals surface area contributed by atoms with Crippen LogP contribution < -0.4 is 5.32 Å². The number of nitrogens with zero attached hydrogens (tertiary/aromatic N) is 1. The highest BCUT2D eigenvalue weighted by molar-refractivity contribution is 5.95. The summed E-state index contributed by atoms with van der Waals surface area (Å²) in [7, 11) is 1.91. The second kappa shape index (κ2) is 7.96. The van der Waals surface area contributed by atoms with Crippen LogP contribution in [0.4, 0.5) is 8.78 Å². The van der Waals surface area contributed by atoms with Crippen molar-refractivity contribution in [3.63, 3.8) is 0 Å². The summed E-state index contributed by atoms with van der Waals surface area (Å²) < 4.78 is 27.9. The zero-order chi connectivity index (χ0) is 18.7. The summed E-state index contributed by atoms with van der Waals surface area (Å²) in [6, 6.07) is 8.82. The molecule has 3 nitrogen and oxygen atoms in total. The van der Waals surface area contributed by atoms with Crippen molar-refractivity contribution in [2.45, 2.75) is 19.8 Å². The van der Waals surface area contributed by atoms with Gasteiger partial charge in [0.2, 0.25) is 0 Å². The van der Waals surface area contributed by atoms with Crippen LogP contribution in [0.1, 0.15) is 28.8 Å². The number of likely N-dealkylation sites (tertiary alicyclic amines) is 1. The average molecular weight is 358 g/mol. The average Bonchev–Trinajstić information content (AvgIpc) is 2.62. The molecule has 0 saturated carbocycles. The van der Waals surface area contributed by atoms with Gasteiger partial charge in [-0.2, -0.15) is 0 Å². The lowest BCUT2D eigenvalue weighted by atomic mass is 9.96. The molecule has 2 aromatic carbocycles. The van der Waals surface area contributed by atoms with Crippen molar-refractivity contribution in [1.82, 2.24) is 10.2 Å². The minimum Gasteiger partial charge on any atom is -0.338 e. The van der Waals surface area contributed by atoms with E-state index in [1.54, 1.807) is 25.1 Å². The molecular formula is C21H24F2N2O. The Bertz CT molecular complexity index is 805. The first kappa shape index (κ1) is 18.5. The third-order valence-electron chi connectivity index (χ3n) is 4.99. The quantitative estimate of drug-likeness (QED) is 0.896. The number of benzene rings is 2. The van der Waals surface area contributed by atoms with E-state index in [1.807, 2.05) is 11.9 Å². The number of hydrogen-bond acceptors (Lipinski definition) is 2. The first-order chi connectivity index (χ1) is 12.5. The van der Waals surface area contributed by atoms with Gasteiger partial charge in [-0.3, -0.25) is 4.79 Å². The molecule has 0 radical (unpaired) electrons. The summed E-state index contributed by atoms with van der Waals surface area (Å²) in [5.41, 5.74) is 2.03. The van der Waals surface area contributed by atoms with Crippen LogP contribution in [0.25, 0.3) is 11.1 Å². The number of piperidine rings is 1. The van der Waals surface area contributed by atoms with Crippen molar-refractivity contribution in [2.75, 3.05) is 26.7 Å². The monoisotopic (exact) mass is 358 g/mol. The van der Waals surface area contributed by atoms with Gasteiger partial charge < -0.3 is 10.2 Å². The summed E-state index contributed by atoms with van der Waals surface area (Å²) in [5, 5.41) is 3.16. The molecule has 3 rings (SSSR count). The third-order valence-corrected chi connectivity index (χ3v) is 4.99. The smallest absolute Gasteiger partial charge is 0.253 e. The summed E-state index contributed by atoms with van der Waals surface area (Å²) >= 11 is 0. The van der Waals surface area contributed by atoms with Gasteiger partial charge >= 0.3 is 0 Å². The van der Waals surface area contributed by atoms with E-state index in [0.29, 0.717) is 41.3 Å². The molecule has 1 amide bonds. The van der Waals surface area contributed by atoms with Crippen molar-refractivity contribution in [3.05, 3.63) is 59.2 Å².